The van der Waals surface area contributed by atoms with Gasteiger partial charge in [-0.2, -0.15) is 0 Å². The topological polar surface area (TPSA) is 36.4 Å². The predicted molar refractivity (Wildman–Crippen MR) is 103 cm³/mol. The molecule has 3 nitrogen and oxygen atoms in total. The van der Waals surface area contributed by atoms with Gasteiger partial charge in [-0.3, -0.25) is 4.99 Å². The van der Waals surface area contributed by atoms with Crippen molar-refractivity contribution in [3.63, 3.8) is 0 Å². The molecule has 114 valence electrons. The Labute approximate surface area is 144 Å². The van der Waals surface area contributed by atoms with E-state index in [-0.39, 0.29) is 24.0 Å². The van der Waals surface area contributed by atoms with Crippen LogP contribution in [0.3, 0.4) is 0 Å². The molecule has 0 fully saturated rings. The first-order chi connectivity index (χ1) is 9.85. The molecule has 0 amide bonds. The van der Waals surface area contributed by atoms with Gasteiger partial charge in [-0.15, -0.1) is 24.0 Å². The molecule has 21 heavy (non-hydrogen) atoms. The fourth-order valence-electron chi connectivity index (χ4n) is 2.31. The molecule has 2 aromatic rings. The third-order valence-corrected chi connectivity index (χ3v) is 3.22. The van der Waals surface area contributed by atoms with Gasteiger partial charge in [0.2, 0.25) is 0 Å². The molecule has 0 saturated carbocycles. The first-order valence-corrected chi connectivity index (χ1v) is 7.34. The van der Waals surface area contributed by atoms with Crippen molar-refractivity contribution >= 4 is 40.7 Å². The molecule has 0 aliphatic heterocycles. The van der Waals surface area contributed by atoms with Crippen LogP contribution in [0.1, 0.15) is 19.4 Å². The average molecular weight is 397 g/mol. The number of hydrogen-bond donors (Lipinski definition) is 2. The summed E-state index contributed by atoms with van der Waals surface area (Å²) in [5.74, 6) is 0.898. The second-order valence-electron chi connectivity index (χ2n) is 4.68. The molecule has 0 aliphatic rings. The van der Waals surface area contributed by atoms with Gasteiger partial charge in [-0.1, -0.05) is 42.5 Å². The number of hydrogen-bond acceptors (Lipinski definition) is 1. The van der Waals surface area contributed by atoms with Crippen molar-refractivity contribution in [1.82, 2.24) is 10.6 Å². The number of aliphatic imine (C=N–C) groups is 1. The van der Waals surface area contributed by atoms with Crippen molar-refractivity contribution in [3.05, 3.63) is 48.0 Å². The molecule has 4 heteroatoms. The van der Waals surface area contributed by atoms with Crippen molar-refractivity contribution in [2.24, 2.45) is 4.99 Å². The summed E-state index contributed by atoms with van der Waals surface area (Å²) in [6, 6.07) is 15.0. The standard InChI is InChI=1S/C17H23N3.HI/c1-3-18-17(19-4-2)20-13-12-15-10-7-9-14-8-5-6-11-16(14)15;/h5-11H,3-4,12-13H2,1-2H3,(H2,18,19,20);1H. The van der Waals surface area contributed by atoms with Crippen LogP contribution < -0.4 is 10.6 Å². The fourth-order valence-corrected chi connectivity index (χ4v) is 2.31. The van der Waals surface area contributed by atoms with Crippen LogP contribution in [-0.4, -0.2) is 25.6 Å². The zero-order valence-electron chi connectivity index (χ0n) is 12.7. The fraction of sp³-hybridized carbons (Fsp3) is 0.353. The third kappa shape index (κ3) is 5.19. The van der Waals surface area contributed by atoms with Crippen LogP contribution in [-0.2, 0) is 6.42 Å². The van der Waals surface area contributed by atoms with E-state index in [9.17, 15) is 0 Å². The second kappa shape index (κ2) is 9.60. The highest BCUT2D eigenvalue weighted by Crippen LogP contribution is 2.18. The molecular formula is C17H24IN3. The molecule has 0 atom stereocenters. The van der Waals surface area contributed by atoms with E-state index >= 15 is 0 Å². The van der Waals surface area contributed by atoms with Gasteiger partial charge in [-0.05, 0) is 36.6 Å². The van der Waals surface area contributed by atoms with Gasteiger partial charge in [0.1, 0.15) is 0 Å². The van der Waals surface area contributed by atoms with Crippen LogP contribution in [0.2, 0.25) is 0 Å². The average Bonchev–Trinajstić information content (AvgIpc) is 2.48. The maximum Gasteiger partial charge on any atom is 0.191 e. The molecule has 0 spiro atoms. The third-order valence-electron chi connectivity index (χ3n) is 3.22. The monoisotopic (exact) mass is 397 g/mol. The van der Waals surface area contributed by atoms with E-state index in [4.69, 9.17) is 0 Å². The number of guanidine groups is 1. The zero-order valence-corrected chi connectivity index (χ0v) is 15.1. The zero-order chi connectivity index (χ0) is 14.2. The normalized spacial score (nSPS) is 9.81. The number of fused-ring (bicyclic) bond motifs is 1. The van der Waals surface area contributed by atoms with E-state index in [2.05, 4.69) is 71.9 Å². The van der Waals surface area contributed by atoms with E-state index in [0.29, 0.717) is 0 Å². The Balaban J connectivity index is 0.00000220. The van der Waals surface area contributed by atoms with Gasteiger partial charge >= 0.3 is 0 Å². The molecular weight excluding hydrogens is 373 g/mol. The van der Waals surface area contributed by atoms with E-state index in [1.165, 1.54) is 16.3 Å². The second-order valence-corrected chi connectivity index (χ2v) is 4.68. The maximum absolute atomic E-state index is 4.60. The smallest absolute Gasteiger partial charge is 0.191 e. The minimum absolute atomic E-state index is 0. The summed E-state index contributed by atoms with van der Waals surface area (Å²) in [5, 5.41) is 9.12. The SMILES string of the molecule is CCNC(=NCCc1cccc2ccccc12)NCC.I. The Hall–Kier alpha value is -1.30. The minimum Gasteiger partial charge on any atom is -0.357 e. The Bertz CT molecular complexity index is 568. The lowest BCUT2D eigenvalue weighted by Gasteiger charge is -2.09. The Kier molecular flexibility index (Phi) is 8.12. The maximum atomic E-state index is 4.60. The van der Waals surface area contributed by atoms with Crippen LogP contribution in [0.15, 0.2) is 47.5 Å². The van der Waals surface area contributed by atoms with Crippen molar-refractivity contribution < 1.29 is 0 Å². The first-order valence-electron chi connectivity index (χ1n) is 7.34. The Morgan fingerprint density at radius 1 is 0.952 bits per heavy atom. The molecule has 2 aromatic carbocycles. The molecule has 0 aromatic heterocycles. The predicted octanol–water partition coefficient (Wildman–Crippen LogP) is 3.58. The number of halogens is 1. The first kappa shape index (κ1) is 17.8. The van der Waals surface area contributed by atoms with E-state index < -0.39 is 0 Å². The van der Waals surface area contributed by atoms with Crippen molar-refractivity contribution in [1.29, 1.82) is 0 Å². The van der Waals surface area contributed by atoms with Gasteiger partial charge in [-0.25, -0.2) is 0 Å². The van der Waals surface area contributed by atoms with Gasteiger partial charge in [0, 0.05) is 19.6 Å². The van der Waals surface area contributed by atoms with E-state index in [0.717, 1.165) is 32.0 Å². The summed E-state index contributed by atoms with van der Waals surface area (Å²) in [6.07, 6.45) is 0.960. The van der Waals surface area contributed by atoms with Gasteiger partial charge in [0.15, 0.2) is 5.96 Å². The lowest BCUT2D eigenvalue weighted by Crippen LogP contribution is -2.37. The summed E-state index contributed by atoms with van der Waals surface area (Å²) in [4.78, 5) is 4.60. The lowest BCUT2D eigenvalue weighted by atomic mass is 10.0. The van der Waals surface area contributed by atoms with Crippen molar-refractivity contribution in [2.75, 3.05) is 19.6 Å². The van der Waals surface area contributed by atoms with Gasteiger partial charge in [0.05, 0.1) is 0 Å². The van der Waals surface area contributed by atoms with Crippen LogP contribution in [0.25, 0.3) is 10.8 Å². The molecule has 0 unspecified atom stereocenters. The highest BCUT2D eigenvalue weighted by Gasteiger charge is 2.00. The van der Waals surface area contributed by atoms with Crippen LogP contribution >= 0.6 is 24.0 Å². The number of nitrogens with one attached hydrogen (secondary N) is 2. The quantitative estimate of drug-likeness (QED) is 0.460. The van der Waals surface area contributed by atoms with Crippen LogP contribution in [0, 0.1) is 0 Å². The summed E-state index contributed by atoms with van der Waals surface area (Å²) >= 11 is 0. The molecule has 0 bridgehead atoms. The van der Waals surface area contributed by atoms with Crippen LogP contribution in [0.4, 0.5) is 0 Å². The minimum atomic E-state index is 0. The van der Waals surface area contributed by atoms with Crippen molar-refractivity contribution in [3.8, 4) is 0 Å². The van der Waals surface area contributed by atoms with Gasteiger partial charge in [0.25, 0.3) is 0 Å². The summed E-state index contributed by atoms with van der Waals surface area (Å²) < 4.78 is 0. The summed E-state index contributed by atoms with van der Waals surface area (Å²) in [5.41, 5.74) is 1.36. The molecule has 2 rings (SSSR count). The number of rotatable bonds is 5. The van der Waals surface area contributed by atoms with E-state index in [1.807, 2.05) is 0 Å². The Morgan fingerprint density at radius 3 is 2.33 bits per heavy atom. The highest BCUT2D eigenvalue weighted by atomic mass is 127. The Morgan fingerprint density at radius 2 is 1.62 bits per heavy atom. The van der Waals surface area contributed by atoms with Gasteiger partial charge < -0.3 is 10.6 Å². The summed E-state index contributed by atoms with van der Waals surface area (Å²) in [6.45, 7) is 6.73. The van der Waals surface area contributed by atoms with Crippen molar-refractivity contribution in [2.45, 2.75) is 20.3 Å². The molecule has 0 heterocycles. The molecule has 0 radical (unpaired) electrons. The summed E-state index contributed by atoms with van der Waals surface area (Å²) in [7, 11) is 0. The molecule has 0 saturated heterocycles. The number of benzene rings is 2. The largest absolute Gasteiger partial charge is 0.357 e. The molecule has 0 aliphatic carbocycles. The van der Waals surface area contributed by atoms with E-state index in [1.54, 1.807) is 0 Å². The lowest BCUT2D eigenvalue weighted by molar-refractivity contribution is 0.834. The molecule has 2 N–H and O–H groups in total. The highest BCUT2D eigenvalue weighted by molar-refractivity contribution is 14.0. The number of nitrogens with zero attached hydrogens (tertiary/aromatic N) is 1. The van der Waals surface area contributed by atoms with Crippen LogP contribution in [0.5, 0.6) is 0 Å².